The van der Waals surface area contributed by atoms with E-state index in [1.54, 1.807) is 0 Å². The fourth-order valence-corrected chi connectivity index (χ4v) is 3.74. The predicted molar refractivity (Wildman–Crippen MR) is 118 cm³/mol. The minimum Gasteiger partial charge on any atom is -0.465 e. The quantitative estimate of drug-likeness (QED) is 0.374. The first kappa shape index (κ1) is 20.7. The van der Waals surface area contributed by atoms with E-state index in [9.17, 15) is 9.18 Å². The van der Waals surface area contributed by atoms with E-state index >= 15 is 0 Å². The number of hydrogen-bond acceptors (Lipinski definition) is 5. The highest BCUT2D eigenvalue weighted by Crippen LogP contribution is 2.31. The number of halogens is 1. The Balaban J connectivity index is 1.95. The van der Waals surface area contributed by atoms with Crippen LogP contribution in [-0.4, -0.2) is 32.2 Å². The van der Waals surface area contributed by atoms with Crippen molar-refractivity contribution < 1.29 is 13.9 Å². The molecule has 1 aromatic carbocycles. The number of carbonyl (C=O) groups is 1. The lowest BCUT2D eigenvalue weighted by molar-refractivity contribution is 0.0595. The molecule has 4 rings (SSSR count). The van der Waals surface area contributed by atoms with Crippen molar-refractivity contribution in [1.29, 1.82) is 0 Å². The lowest BCUT2D eigenvalue weighted by atomic mass is 10.2. The second-order valence-electron chi connectivity index (χ2n) is 7.50. The van der Waals surface area contributed by atoms with Crippen LogP contribution in [0.2, 0.25) is 0 Å². The molecule has 0 spiro atoms. The van der Waals surface area contributed by atoms with Crippen molar-refractivity contribution in [2.75, 3.05) is 7.11 Å². The molecule has 2 N–H and O–H groups in total. The number of imidazole rings is 1. The van der Waals surface area contributed by atoms with Crippen LogP contribution in [0.1, 0.15) is 35.4 Å². The summed E-state index contributed by atoms with van der Waals surface area (Å²) in [4.78, 5) is 21.4. The van der Waals surface area contributed by atoms with Gasteiger partial charge in [-0.3, -0.25) is 0 Å². The van der Waals surface area contributed by atoms with Gasteiger partial charge in [0, 0.05) is 31.1 Å². The number of aryl methyl sites for hydroxylation is 2. The largest absolute Gasteiger partial charge is 0.465 e. The maximum atomic E-state index is 14.5. The number of nitrogens with two attached hydrogens (primary N) is 1. The molecule has 0 radical (unpaired) electrons. The van der Waals surface area contributed by atoms with Gasteiger partial charge in [0.2, 0.25) is 0 Å². The number of allylic oxidation sites excluding steroid dienone is 1. The van der Waals surface area contributed by atoms with Crippen LogP contribution in [0.4, 0.5) is 4.39 Å². The van der Waals surface area contributed by atoms with Gasteiger partial charge in [-0.15, -0.1) is 6.58 Å². The number of aromatic nitrogens is 4. The van der Waals surface area contributed by atoms with Crippen LogP contribution in [0.25, 0.3) is 33.6 Å². The zero-order valence-electron chi connectivity index (χ0n) is 17.7. The van der Waals surface area contributed by atoms with Crippen molar-refractivity contribution in [2.45, 2.75) is 25.9 Å². The third-order valence-corrected chi connectivity index (χ3v) is 5.39. The Bertz CT molecular complexity index is 1320. The Morgan fingerprint density at radius 3 is 2.77 bits per heavy atom. The Morgan fingerprint density at radius 2 is 2.10 bits per heavy atom. The monoisotopic (exact) mass is 421 g/mol. The predicted octanol–water partition coefficient (Wildman–Crippen LogP) is 4.11. The molecule has 0 fully saturated rings. The van der Waals surface area contributed by atoms with Gasteiger partial charge in [-0.05, 0) is 37.6 Å². The molecule has 0 unspecified atom stereocenters. The second kappa shape index (κ2) is 7.96. The molecule has 0 amide bonds. The first-order valence-corrected chi connectivity index (χ1v) is 9.97. The van der Waals surface area contributed by atoms with Crippen LogP contribution < -0.4 is 5.73 Å². The molecule has 7 nitrogen and oxygen atoms in total. The van der Waals surface area contributed by atoms with Gasteiger partial charge in [0.15, 0.2) is 5.82 Å². The number of rotatable bonds is 6. The lowest BCUT2D eigenvalue weighted by Gasteiger charge is -2.10. The van der Waals surface area contributed by atoms with Crippen molar-refractivity contribution in [2.24, 2.45) is 12.8 Å². The van der Waals surface area contributed by atoms with Crippen molar-refractivity contribution in [3.05, 3.63) is 60.1 Å². The first-order chi connectivity index (χ1) is 14.8. The van der Waals surface area contributed by atoms with Gasteiger partial charge in [-0.2, -0.15) is 0 Å². The number of benzene rings is 1. The fourth-order valence-electron chi connectivity index (χ4n) is 3.74. The number of nitrogens with zero attached hydrogens (tertiary/aromatic N) is 4. The maximum absolute atomic E-state index is 14.5. The molecule has 31 heavy (non-hydrogen) atoms. The molecule has 0 aliphatic rings. The Morgan fingerprint density at radius 1 is 1.32 bits per heavy atom. The lowest BCUT2D eigenvalue weighted by Crippen LogP contribution is -2.09. The molecule has 0 saturated heterocycles. The van der Waals surface area contributed by atoms with Crippen molar-refractivity contribution in [1.82, 2.24) is 19.1 Å². The van der Waals surface area contributed by atoms with Crippen LogP contribution in [-0.2, 0) is 18.3 Å². The summed E-state index contributed by atoms with van der Waals surface area (Å²) in [5, 5.41) is 0.956. The summed E-state index contributed by atoms with van der Waals surface area (Å²) in [5.74, 6) is -0.746. The number of carbonyl (C=O) groups excluding carboxylic acids is 1. The molecule has 160 valence electrons. The minimum absolute atomic E-state index is 0.143. The highest BCUT2D eigenvalue weighted by molar-refractivity contribution is 5.95. The number of methoxy groups -OCH3 is 1. The third kappa shape index (κ3) is 3.48. The summed E-state index contributed by atoms with van der Waals surface area (Å²) in [6, 6.07) is 8.46. The Hall–Kier alpha value is -3.52. The Kier molecular flexibility index (Phi) is 5.32. The van der Waals surface area contributed by atoms with Crippen LogP contribution >= 0.6 is 0 Å². The molecule has 0 aliphatic heterocycles. The third-order valence-electron chi connectivity index (χ3n) is 5.39. The topological polar surface area (TPSA) is 88.0 Å². The summed E-state index contributed by atoms with van der Waals surface area (Å²) < 4.78 is 23.1. The van der Waals surface area contributed by atoms with E-state index in [4.69, 9.17) is 15.7 Å². The van der Waals surface area contributed by atoms with E-state index in [1.165, 1.54) is 19.2 Å². The fraction of sp³-hybridized carbons (Fsp3) is 0.261. The van der Waals surface area contributed by atoms with Gasteiger partial charge in [0.05, 0.1) is 35.1 Å². The summed E-state index contributed by atoms with van der Waals surface area (Å²) in [6.07, 6.45) is 2.59. The zero-order valence-corrected chi connectivity index (χ0v) is 17.7. The molecule has 3 heterocycles. The smallest absolute Gasteiger partial charge is 0.340 e. The van der Waals surface area contributed by atoms with Crippen LogP contribution in [0.5, 0.6) is 0 Å². The molecular formula is C23H24FN5O2. The van der Waals surface area contributed by atoms with Crippen LogP contribution in [0.15, 0.2) is 43.0 Å². The van der Waals surface area contributed by atoms with Gasteiger partial charge in [0.25, 0.3) is 0 Å². The number of esters is 1. The van der Waals surface area contributed by atoms with E-state index in [2.05, 4.69) is 15.9 Å². The molecule has 0 bridgehead atoms. The standard InChI is InChI=1S/C23H24FN5O2/c1-5-6-9-29-20(10-14-7-8-17(13(2)25)26-21(14)29)22-27-18-11-15(23(30)31-4)16(24)12-19(18)28(22)3/h5,7-8,10-13H,1,6,9,25H2,2-4H3/t13-/m1/s1. The highest BCUT2D eigenvalue weighted by atomic mass is 19.1. The van der Waals surface area contributed by atoms with E-state index in [0.29, 0.717) is 23.4 Å². The zero-order chi connectivity index (χ0) is 22.3. The normalized spacial score (nSPS) is 12.4. The van der Waals surface area contributed by atoms with Gasteiger partial charge in [0.1, 0.15) is 11.5 Å². The van der Waals surface area contributed by atoms with Gasteiger partial charge >= 0.3 is 5.97 Å². The van der Waals surface area contributed by atoms with E-state index < -0.39 is 11.8 Å². The van der Waals surface area contributed by atoms with E-state index in [1.807, 2.05) is 42.8 Å². The molecular weight excluding hydrogens is 397 g/mol. The summed E-state index contributed by atoms with van der Waals surface area (Å²) in [5.41, 5.74) is 9.41. The van der Waals surface area contributed by atoms with Crippen LogP contribution in [0.3, 0.4) is 0 Å². The minimum atomic E-state index is -0.737. The average molecular weight is 421 g/mol. The second-order valence-corrected chi connectivity index (χ2v) is 7.50. The van der Waals surface area contributed by atoms with Crippen molar-refractivity contribution in [3.63, 3.8) is 0 Å². The molecule has 4 aromatic rings. The first-order valence-electron chi connectivity index (χ1n) is 9.97. The van der Waals surface area contributed by atoms with Gasteiger partial charge in [-0.1, -0.05) is 6.08 Å². The molecule has 0 saturated carbocycles. The van der Waals surface area contributed by atoms with Gasteiger partial charge in [-0.25, -0.2) is 19.2 Å². The highest BCUT2D eigenvalue weighted by Gasteiger charge is 2.21. The molecule has 1 atom stereocenters. The molecule has 3 aromatic heterocycles. The van der Waals surface area contributed by atoms with E-state index in [-0.39, 0.29) is 11.6 Å². The summed E-state index contributed by atoms with van der Waals surface area (Å²) in [6.45, 7) is 6.37. The average Bonchev–Trinajstić information content (AvgIpc) is 3.27. The summed E-state index contributed by atoms with van der Waals surface area (Å²) >= 11 is 0. The van der Waals surface area contributed by atoms with Gasteiger partial charge < -0.3 is 19.6 Å². The maximum Gasteiger partial charge on any atom is 0.340 e. The number of fused-ring (bicyclic) bond motifs is 2. The number of ether oxygens (including phenoxy) is 1. The molecule has 0 aliphatic carbocycles. The number of pyridine rings is 1. The number of hydrogen-bond donors (Lipinski definition) is 1. The SMILES string of the molecule is C=CCCn1c(-c2nc3cc(C(=O)OC)c(F)cc3n2C)cc2ccc([C@@H](C)N)nc21. The van der Waals surface area contributed by atoms with Crippen molar-refractivity contribution >= 4 is 28.0 Å². The molecule has 8 heteroatoms. The summed E-state index contributed by atoms with van der Waals surface area (Å²) in [7, 11) is 3.04. The van der Waals surface area contributed by atoms with E-state index in [0.717, 1.165) is 28.8 Å². The van der Waals surface area contributed by atoms with Crippen LogP contribution in [0, 0.1) is 5.82 Å². The van der Waals surface area contributed by atoms with Crippen molar-refractivity contribution in [3.8, 4) is 11.5 Å². The Labute approximate surface area is 179 Å².